The van der Waals surface area contributed by atoms with Crippen LogP contribution in [0.25, 0.3) is 0 Å². The van der Waals surface area contributed by atoms with Gasteiger partial charge in [-0.3, -0.25) is 0 Å². The van der Waals surface area contributed by atoms with Crippen molar-refractivity contribution in [2.75, 3.05) is 33.2 Å². The van der Waals surface area contributed by atoms with Crippen molar-refractivity contribution < 1.29 is 47.8 Å². The van der Waals surface area contributed by atoms with E-state index in [0.717, 1.165) is 43.9 Å². The third kappa shape index (κ3) is 14.2. The van der Waals surface area contributed by atoms with Crippen molar-refractivity contribution in [2.45, 2.75) is 32.1 Å². The Bertz CT molecular complexity index is 1340. The molecule has 0 aliphatic rings. The highest BCUT2D eigenvalue weighted by Crippen LogP contribution is 2.21. The Balaban J connectivity index is 1.28. The van der Waals surface area contributed by atoms with E-state index in [1.807, 2.05) is 12.1 Å². The van der Waals surface area contributed by atoms with E-state index in [1.54, 1.807) is 60.7 Å². The van der Waals surface area contributed by atoms with Gasteiger partial charge in [0.1, 0.15) is 28.7 Å². The fourth-order valence-electron chi connectivity index (χ4n) is 3.63. The van der Waals surface area contributed by atoms with Crippen LogP contribution in [0.4, 0.5) is 0 Å². The van der Waals surface area contributed by atoms with Crippen LogP contribution in [0, 0.1) is 0 Å². The second-order valence-electron chi connectivity index (χ2n) is 9.34. The molecule has 0 heterocycles. The van der Waals surface area contributed by atoms with Gasteiger partial charge in [0.2, 0.25) is 6.79 Å². The predicted molar refractivity (Wildman–Crippen MR) is 166 cm³/mol. The lowest BCUT2D eigenvalue weighted by Crippen LogP contribution is -2.09. The summed E-state index contributed by atoms with van der Waals surface area (Å²) >= 11 is 0. The molecule has 3 aromatic rings. The largest absolute Gasteiger partial charge is 0.494 e. The summed E-state index contributed by atoms with van der Waals surface area (Å²) in [5.74, 6) is 2.06. The smallest absolute Gasteiger partial charge is 0.343 e. The average Bonchev–Trinajstić information content (AvgIpc) is 3.07. The average molecular weight is 619 g/mol. The van der Waals surface area contributed by atoms with Crippen LogP contribution in [0.2, 0.25) is 0 Å². The third-order valence-corrected chi connectivity index (χ3v) is 5.96. The molecule has 0 unspecified atom stereocenters. The highest BCUT2D eigenvalue weighted by Gasteiger charge is 2.09. The number of hydrogen-bond donors (Lipinski definition) is 0. The van der Waals surface area contributed by atoms with Crippen LogP contribution in [0.1, 0.15) is 42.5 Å². The molecular weight excluding hydrogens is 580 g/mol. The Morgan fingerprint density at radius 3 is 1.69 bits per heavy atom. The quantitative estimate of drug-likeness (QED) is 0.0134. The Morgan fingerprint density at radius 2 is 1.11 bits per heavy atom. The molecule has 10 heteroatoms. The fraction of sp³-hybridized carbons (Fsp3) is 0.286. The molecule has 45 heavy (non-hydrogen) atoms. The Labute approximate surface area is 263 Å². The molecule has 0 fully saturated rings. The Morgan fingerprint density at radius 1 is 0.622 bits per heavy atom. The molecular formula is C35H38O10. The zero-order valence-corrected chi connectivity index (χ0v) is 25.2. The number of unbranched alkanes of at least 4 members (excludes halogenated alkanes) is 3. The summed E-state index contributed by atoms with van der Waals surface area (Å²) in [5.41, 5.74) is 2.85. The molecule has 0 saturated carbocycles. The van der Waals surface area contributed by atoms with Gasteiger partial charge in [0, 0.05) is 6.08 Å². The van der Waals surface area contributed by atoms with Gasteiger partial charge in [0.15, 0.2) is 6.26 Å². The number of hydrogen-bond acceptors (Lipinski definition) is 10. The predicted octanol–water partition coefficient (Wildman–Crippen LogP) is 7.01. The number of rotatable bonds is 22. The summed E-state index contributed by atoms with van der Waals surface area (Å²) in [5, 5.41) is 0. The third-order valence-electron chi connectivity index (χ3n) is 5.96. The van der Waals surface area contributed by atoms with Crippen molar-refractivity contribution in [3.8, 4) is 28.7 Å². The van der Waals surface area contributed by atoms with Gasteiger partial charge in [-0.2, -0.15) is 4.89 Å². The lowest BCUT2D eigenvalue weighted by Gasteiger charge is -2.11. The van der Waals surface area contributed by atoms with Crippen LogP contribution in [0.5, 0.6) is 28.7 Å². The van der Waals surface area contributed by atoms with Gasteiger partial charge < -0.3 is 33.3 Å². The van der Waals surface area contributed by atoms with Gasteiger partial charge in [0.05, 0.1) is 32.0 Å². The van der Waals surface area contributed by atoms with E-state index in [1.165, 1.54) is 6.26 Å². The van der Waals surface area contributed by atoms with Crippen molar-refractivity contribution in [1.82, 2.24) is 0 Å². The number of ether oxygens (including phenoxy) is 6. The number of carbonyl (C=O) groups excluding carboxylic acids is 2. The first-order valence-corrected chi connectivity index (χ1v) is 14.5. The van der Waals surface area contributed by atoms with Crippen LogP contribution < -0.4 is 23.7 Å². The minimum atomic E-state index is -0.486. The van der Waals surface area contributed by atoms with Crippen LogP contribution in [0.3, 0.4) is 0 Å². The molecule has 10 nitrogen and oxygen atoms in total. The number of esters is 2. The second kappa shape index (κ2) is 20.7. The normalized spacial score (nSPS) is 10.1. The molecule has 0 aliphatic heterocycles. The van der Waals surface area contributed by atoms with Gasteiger partial charge in [-0.15, -0.1) is 0 Å². The molecule has 0 saturated heterocycles. The van der Waals surface area contributed by atoms with E-state index in [-0.39, 0.29) is 6.79 Å². The first-order chi connectivity index (χ1) is 22.1. The van der Waals surface area contributed by atoms with E-state index in [2.05, 4.69) is 23.8 Å². The van der Waals surface area contributed by atoms with Gasteiger partial charge in [-0.05, 0) is 105 Å². The molecule has 238 valence electrons. The lowest BCUT2D eigenvalue weighted by atomic mass is 10.2. The van der Waals surface area contributed by atoms with Crippen LogP contribution >= 0.6 is 0 Å². The fourth-order valence-corrected chi connectivity index (χ4v) is 3.63. The lowest BCUT2D eigenvalue weighted by molar-refractivity contribution is -0.249. The summed E-state index contributed by atoms with van der Waals surface area (Å²) in [4.78, 5) is 33.1. The van der Waals surface area contributed by atoms with Crippen molar-refractivity contribution in [3.63, 3.8) is 0 Å². The summed E-state index contributed by atoms with van der Waals surface area (Å²) < 4.78 is 33.1. The van der Waals surface area contributed by atoms with Gasteiger partial charge in [-0.1, -0.05) is 18.9 Å². The Hall–Kier alpha value is -5.18. The molecule has 0 aliphatic carbocycles. The zero-order valence-electron chi connectivity index (χ0n) is 25.2. The highest BCUT2D eigenvalue weighted by molar-refractivity contribution is 5.91. The second-order valence-corrected chi connectivity index (χ2v) is 9.34. The minimum Gasteiger partial charge on any atom is -0.494 e. The van der Waals surface area contributed by atoms with E-state index in [9.17, 15) is 9.59 Å². The maximum absolute atomic E-state index is 12.5. The number of benzene rings is 3. The van der Waals surface area contributed by atoms with E-state index in [4.69, 9.17) is 33.3 Å². The van der Waals surface area contributed by atoms with Crippen LogP contribution in [0.15, 0.2) is 104 Å². The van der Waals surface area contributed by atoms with Crippen molar-refractivity contribution in [1.29, 1.82) is 0 Å². The summed E-state index contributed by atoms with van der Waals surface area (Å²) in [6, 6.07) is 20.7. The van der Waals surface area contributed by atoms with Gasteiger partial charge in [0.25, 0.3) is 0 Å². The molecule has 0 spiro atoms. The molecule has 0 radical (unpaired) electrons. The number of carbonyl (C=O) groups is 2. The van der Waals surface area contributed by atoms with E-state index >= 15 is 0 Å². The maximum Gasteiger partial charge on any atom is 0.343 e. The SMILES string of the molecule is C=C=COOCCCCOc1ccc(OCOc2ccc(OC(=O)c3ccc(OCCCCCOC(=O)C=C)cc3)cc2)cc1. The summed E-state index contributed by atoms with van der Waals surface area (Å²) in [6.45, 7) is 8.62. The Kier molecular flexibility index (Phi) is 15.8. The molecule has 0 aromatic heterocycles. The molecule has 0 bridgehead atoms. The van der Waals surface area contributed by atoms with Crippen LogP contribution in [-0.4, -0.2) is 45.2 Å². The first kappa shape index (κ1) is 34.3. The van der Waals surface area contributed by atoms with Gasteiger partial charge >= 0.3 is 11.9 Å². The highest BCUT2D eigenvalue weighted by atomic mass is 17.2. The van der Waals surface area contributed by atoms with Crippen molar-refractivity contribution in [2.24, 2.45) is 0 Å². The molecule has 0 atom stereocenters. The molecule has 0 amide bonds. The summed E-state index contributed by atoms with van der Waals surface area (Å²) in [7, 11) is 0. The van der Waals surface area contributed by atoms with E-state index in [0.29, 0.717) is 55.0 Å². The molecule has 3 aromatic carbocycles. The van der Waals surface area contributed by atoms with Crippen molar-refractivity contribution in [3.05, 3.63) is 110 Å². The van der Waals surface area contributed by atoms with Gasteiger partial charge in [-0.25, -0.2) is 9.59 Å². The summed E-state index contributed by atoms with van der Waals surface area (Å²) in [6.07, 6.45) is 6.44. The van der Waals surface area contributed by atoms with E-state index < -0.39 is 11.9 Å². The van der Waals surface area contributed by atoms with Crippen LogP contribution in [-0.2, 0) is 19.3 Å². The standard InChI is InChI=1S/C35H38O10/c1-3-22-43-44-26-9-8-24-39-30-14-16-31(17-15-30)41-27-42-32-18-20-33(21-19-32)45-35(37)28-10-12-29(13-11-28)38-23-6-5-7-25-40-34(36)4-2/h4,10-22H,1-2,5-9,23-27H2. The molecule has 0 N–H and O–H groups in total. The minimum absolute atomic E-state index is 0.00201. The van der Waals surface area contributed by atoms with Crippen molar-refractivity contribution >= 4 is 11.9 Å². The maximum atomic E-state index is 12.5. The molecule has 3 rings (SSSR count). The zero-order chi connectivity index (χ0) is 32.0. The topological polar surface area (TPSA) is 108 Å². The first-order valence-electron chi connectivity index (χ1n) is 14.5. The monoisotopic (exact) mass is 618 g/mol.